The molecule has 10 heteroatoms. The van der Waals surface area contributed by atoms with Crippen LogP contribution in [0, 0.1) is 13.8 Å². The number of Topliss-reactive ketones (excluding diaryl/α,β-unsaturated/α-hetero) is 1. The predicted octanol–water partition coefficient (Wildman–Crippen LogP) is 4.55. The summed E-state index contributed by atoms with van der Waals surface area (Å²) >= 11 is 0.936. The zero-order valence-corrected chi connectivity index (χ0v) is 20.5. The van der Waals surface area contributed by atoms with Crippen LogP contribution in [-0.4, -0.2) is 41.0 Å². The number of ether oxygens (including phenoxy) is 2. The number of carbonyl (C=O) groups excluding carboxylic acids is 3. The Bertz CT molecular complexity index is 1340. The second-order valence-electron chi connectivity index (χ2n) is 7.71. The number of ketones is 1. The lowest BCUT2D eigenvalue weighted by Crippen LogP contribution is -2.29. The first-order valence-corrected chi connectivity index (χ1v) is 11.8. The van der Waals surface area contributed by atoms with Crippen molar-refractivity contribution in [2.24, 2.45) is 0 Å². The summed E-state index contributed by atoms with van der Waals surface area (Å²) in [5, 5.41) is 11.3. The van der Waals surface area contributed by atoms with Crippen LogP contribution >= 0.6 is 11.3 Å². The lowest BCUT2D eigenvalue weighted by atomic mass is 9.99. The molecule has 1 atom stereocenters. The number of aliphatic hydroxyl groups excluding tert-OH is 1. The molecule has 2 aromatic heterocycles. The number of aromatic nitrogens is 1. The smallest absolute Gasteiger partial charge is 0.350 e. The minimum Gasteiger partial charge on any atom is -0.507 e. The van der Waals surface area contributed by atoms with E-state index >= 15 is 0 Å². The number of rotatable bonds is 7. The Morgan fingerprint density at radius 3 is 2.60 bits per heavy atom. The van der Waals surface area contributed by atoms with Gasteiger partial charge in [-0.25, -0.2) is 9.78 Å². The van der Waals surface area contributed by atoms with Crippen LogP contribution in [0.25, 0.3) is 5.76 Å². The zero-order valence-electron chi connectivity index (χ0n) is 19.7. The van der Waals surface area contributed by atoms with Crippen LogP contribution in [0.4, 0.5) is 5.13 Å². The maximum absolute atomic E-state index is 13.2. The van der Waals surface area contributed by atoms with Gasteiger partial charge in [0.1, 0.15) is 33.9 Å². The van der Waals surface area contributed by atoms with Gasteiger partial charge in [0.2, 0.25) is 0 Å². The van der Waals surface area contributed by atoms with E-state index in [1.807, 2.05) is 6.92 Å². The largest absolute Gasteiger partial charge is 0.507 e. The zero-order chi connectivity index (χ0) is 25.3. The fraction of sp³-hybridized carbons (Fsp3) is 0.280. The van der Waals surface area contributed by atoms with Crippen molar-refractivity contribution in [3.05, 3.63) is 69.6 Å². The van der Waals surface area contributed by atoms with E-state index in [0.29, 0.717) is 29.4 Å². The van der Waals surface area contributed by atoms with Gasteiger partial charge in [0.15, 0.2) is 5.13 Å². The van der Waals surface area contributed by atoms with Crippen LogP contribution in [0.2, 0.25) is 0 Å². The molecule has 1 aliphatic rings. The summed E-state index contributed by atoms with van der Waals surface area (Å²) in [6, 6.07) is 8.85. The lowest BCUT2D eigenvalue weighted by Gasteiger charge is -2.20. The molecule has 1 saturated heterocycles. The van der Waals surface area contributed by atoms with Gasteiger partial charge >= 0.3 is 11.9 Å². The molecule has 0 saturated carbocycles. The van der Waals surface area contributed by atoms with Crippen molar-refractivity contribution < 1.29 is 33.4 Å². The SMILES string of the molecule is CCOC(=O)c1sc(N2C(=O)C(=O)/C(=C(/O)c3cccc(OCC)c3)C2c2ccc(C)o2)nc1C. The monoisotopic (exact) mass is 496 g/mol. The Hall–Kier alpha value is -3.92. The molecule has 3 heterocycles. The number of amides is 1. The van der Waals surface area contributed by atoms with Gasteiger partial charge in [-0.2, -0.15) is 0 Å². The highest BCUT2D eigenvalue weighted by molar-refractivity contribution is 7.17. The molecule has 182 valence electrons. The summed E-state index contributed by atoms with van der Waals surface area (Å²) in [6.45, 7) is 7.47. The summed E-state index contributed by atoms with van der Waals surface area (Å²) < 4.78 is 16.4. The third-order valence-electron chi connectivity index (χ3n) is 5.35. The van der Waals surface area contributed by atoms with Crippen molar-refractivity contribution >= 4 is 39.9 Å². The summed E-state index contributed by atoms with van der Waals surface area (Å²) in [7, 11) is 0. The molecule has 35 heavy (non-hydrogen) atoms. The molecule has 0 spiro atoms. The number of hydrogen-bond donors (Lipinski definition) is 1. The molecular formula is C25H24N2O7S. The molecule has 0 aliphatic carbocycles. The molecule has 1 fully saturated rings. The van der Waals surface area contributed by atoms with Crippen LogP contribution in [0.3, 0.4) is 0 Å². The maximum atomic E-state index is 13.2. The molecule has 9 nitrogen and oxygen atoms in total. The first-order chi connectivity index (χ1) is 16.8. The minimum absolute atomic E-state index is 0.119. The molecular weight excluding hydrogens is 472 g/mol. The number of carbonyl (C=O) groups is 3. The van der Waals surface area contributed by atoms with Crippen LogP contribution in [0.1, 0.15) is 52.3 Å². The number of thiazole rings is 1. The van der Waals surface area contributed by atoms with E-state index in [4.69, 9.17) is 13.9 Å². The van der Waals surface area contributed by atoms with Crippen LogP contribution < -0.4 is 9.64 Å². The summed E-state index contributed by atoms with van der Waals surface area (Å²) in [5.41, 5.74) is 0.525. The van der Waals surface area contributed by atoms with Gasteiger partial charge in [-0.15, -0.1) is 0 Å². The van der Waals surface area contributed by atoms with E-state index in [2.05, 4.69) is 4.98 Å². The predicted molar refractivity (Wildman–Crippen MR) is 129 cm³/mol. The number of esters is 1. The molecule has 0 radical (unpaired) electrons. The highest BCUT2D eigenvalue weighted by Crippen LogP contribution is 2.44. The molecule has 1 unspecified atom stereocenters. The summed E-state index contributed by atoms with van der Waals surface area (Å²) in [4.78, 5) is 44.6. The Morgan fingerprint density at radius 1 is 1.17 bits per heavy atom. The number of hydrogen-bond acceptors (Lipinski definition) is 9. The van der Waals surface area contributed by atoms with E-state index in [1.54, 1.807) is 57.2 Å². The van der Waals surface area contributed by atoms with Crippen molar-refractivity contribution in [2.75, 3.05) is 18.1 Å². The van der Waals surface area contributed by atoms with Crippen molar-refractivity contribution in [2.45, 2.75) is 33.7 Å². The van der Waals surface area contributed by atoms with Gasteiger partial charge in [-0.1, -0.05) is 23.5 Å². The average Bonchev–Trinajstić information content (AvgIpc) is 3.50. The molecule has 4 rings (SSSR count). The molecule has 3 aromatic rings. The lowest BCUT2D eigenvalue weighted by molar-refractivity contribution is -0.132. The third kappa shape index (κ3) is 4.44. The van der Waals surface area contributed by atoms with Crippen molar-refractivity contribution in [1.82, 2.24) is 4.98 Å². The Morgan fingerprint density at radius 2 is 1.94 bits per heavy atom. The van der Waals surface area contributed by atoms with Crippen LogP contribution in [0.5, 0.6) is 5.75 Å². The second kappa shape index (κ2) is 9.75. The Kier molecular flexibility index (Phi) is 6.74. The van der Waals surface area contributed by atoms with Crippen molar-refractivity contribution in [3.8, 4) is 5.75 Å². The van der Waals surface area contributed by atoms with E-state index in [9.17, 15) is 19.5 Å². The highest BCUT2D eigenvalue weighted by Gasteiger charge is 2.50. The first kappa shape index (κ1) is 24.2. The molecule has 1 aromatic carbocycles. The topological polar surface area (TPSA) is 119 Å². The van der Waals surface area contributed by atoms with Gasteiger partial charge in [-0.05, 0) is 52.0 Å². The standard InChI is InChI=1S/C25H24N2O7S/c1-5-32-16-9-7-8-15(12-16)20(28)18-19(17-11-10-13(3)34-17)27(23(30)21(18)29)25-26-14(4)22(35-25)24(31)33-6-2/h7-12,19,28H,5-6H2,1-4H3/b20-18+. The molecule has 1 aliphatic heterocycles. The van der Waals surface area contributed by atoms with E-state index in [1.165, 1.54) is 0 Å². The van der Waals surface area contributed by atoms with E-state index in [0.717, 1.165) is 16.2 Å². The van der Waals surface area contributed by atoms with Crippen molar-refractivity contribution in [3.63, 3.8) is 0 Å². The minimum atomic E-state index is -1.08. The quantitative estimate of drug-likeness (QED) is 0.219. The van der Waals surface area contributed by atoms with Gasteiger partial charge < -0.3 is 19.0 Å². The van der Waals surface area contributed by atoms with Gasteiger partial charge in [0, 0.05) is 5.56 Å². The van der Waals surface area contributed by atoms with Gasteiger partial charge in [0.05, 0.1) is 24.5 Å². The fourth-order valence-corrected chi connectivity index (χ4v) is 4.81. The van der Waals surface area contributed by atoms with Gasteiger partial charge in [0.25, 0.3) is 5.78 Å². The number of anilines is 1. The molecule has 1 N–H and O–H groups in total. The van der Waals surface area contributed by atoms with Crippen LogP contribution in [0.15, 0.2) is 46.4 Å². The Balaban J connectivity index is 1.88. The number of furan rings is 1. The third-order valence-corrected chi connectivity index (χ3v) is 6.48. The normalized spacial score (nSPS) is 17.1. The van der Waals surface area contributed by atoms with Crippen LogP contribution in [-0.2, 0) is 14.3 Å². The van der Waals surface area contributed by atoms with E-state index in [-0.39, 0.29) is 33.7 Å². The highest BCUT2D eigenvalue weighted by atomic mass is 32.1. The number of aryl methyl sites for hydroxylation is 2. The number of aliphatic hydroxyl groups is 1. The summed E-state index contributed by atoms with van der Waals surface area (Å²) in [6.07, 6.45) is 0. The Labute approximate surface area is 205 Å². The average molecular weight is 497 g/mol. The van der Waals surface area contributed by atoms with Crippen molar-refractivity contribution in [1.29, 1.82) is 0 Å². The summed E-state index contributed by atoms with van der Waals surface area (Å²) in [5.74, 6) is -1.38. The molecule has 1 amide bonds. The fourth-order valence-electron chi connectivity index (χ4n) is 3.83. The van der Waals surface area contributed by atoms with Gasteiger partial charge in [-0.3, -0.25) is 14.5 Å². The maximum Gasteiger partial charge on any atom is 0.350 e. The second-order valence-corrected chi connectivity index (χ2v) is 8.69. The first-order valence-electron chi connectivity index (χ1n) is 11.0. The van der Waals surface area contributed by atoms with E-state index < -0.39 is 23.7 Å². The number of benzene rings is 1. The number of nitrogens with zero attached hydrogens (tertiary/aromatic N) is 2. The molecule has 0 bridgehead atoms.